The molecule has 0 saturated heterocycles. The van der Waals surface area contributed by atoms with Gasteiger partial charge in [0.05, 0.1) is 22.5 Å². The van der Waals surface area contributed by atoms with E-state index in [1.54, 1.807) is 35.0 Å². The normalized spacial score (nSPS) is 12.3. The van der Waals surface area contributed by atoms with Crippen molar-refractivity contribution in [2.45, 2.75) is 18.9 Å². The van der Waals surface area contributed by atoms with Gasteiger partial charge in [0.2, 0.25) is 5.52 Å². The second kappa shape index (κ2) is 8.95. The van der Waals surface area contributed by atoms with Crippen molar-refractivity contribution in [3.8, 4) is 22.5 Å². The summed E-state index contributed by atoms with van der Waals surface area (Å²) in [6, 6.07) is 12.0. The van der Waals surface area contributed by atoms with Crippen LogP contribution in [0.4, 0.5) is 30.7 Å². The Morgan fingerprint density at radius 2 is 1.59 bits per heavy atom. The summed E-state index contributed by atoms with van der Waals surface area (Å²) >= 11 is 0. The largest absolute Gasteiger partial charge is 0.417 e. The van der Waals surface area contributed by atoms with Gasteiger partial charge >= 0.3 is 12.4 Å². The summed E-state index contributed by atoms with van der Waals surface area (Å²) in [4.78, 5) is 7.43. The van der Waals surface area contributed by atoms with E-state index < -0.39 is 29.0 Å². The van der Waals surface area contributed by atoms with Gasteiger partial charge in [-0.05, 0) is 41.4 Å². The first-order valence-corrected chi connectivity index (χ1v) is 10.7. The highest BCUT2D eigenvalue weighted by Gasteiger charge is 2.38. The fraction of sp³-hybridized carbons (Fsp3) is 0.120. The van der Waals surface area contributed by atoms with Gasteiger partial charge in [-0.15, -0.1) is 0 Å². The average Bonchev–Trinajstić information content (AvgIpc) is 3.26. The Morgan fingerprint density at radius 1 is 0.811 bits per heavy atom. The van der Waals surface area contributed by atoms with E-state index in [0.717, 1.165) is 6.07 Å². The average molecular weight is 518 g/mol. The lowest BCUT2D eigenvalue weighted by Gasteiger charge is -2.15. The van der Waals surface area contributed by atoms with Crippen LogP contribution in [-0.4, -0.2) is 20.2 Å². The number of hydrogen-bond acceptors (Lipinski definition) is 3. The molecule has 0 unspecified atom stereocenters. The van der Waals surface area contributed by atoms with Crippen molar-refractivity contribution in [2.75, 3.05) is 0 Å². The Bertz CT molecular complexity index is 1590. The number of aromatic nitrogens is 5. The molecule has 188 valence electrons. The minimum atomic E-state index is -5.02. The molecule has 0 bridgehead atoms. The first-order chi connectivity index (χ1) is 17.5. The van der Waals surface area contributed by atoms with Gasteiger partial charge in [0.25, 0.3) is 6.33 Å². The molecule has 0 aliphatic carbocycles. The molecular weight excluding hydrogens is 503 g/mol. The summed E-state index contributed by atoms with van der Waals surface area (Å²) in [5.41, 5.74) is -1.08. The first-order valence-electron chi connectivity index (χ1n) is 10.7. The van der Waals surface area contributed by atoms with Crippen LogP contribution in [0.15, 0.2) is 73.2 Å². The van der Waals surface area contributed by atoms with E-state index in [1.165, 1.54) is 24.5 Å². The van der Waals surface area contributed by atoms with Crippen molar-refractivity contribution < 1.29 is 35.3 Å². The van der Waals surface area contributed by atoms with Crippen LogP contribution in [0.5, 0.6) is 0 Å². The minimum absolute atomic E-state index is 0.0631. The van der Waals surface area contributed by atoms with Crippen LogP contribution in [0.3, 0.4) is 0 Å². The molecule has 0 atom stereocenters. The Kier molecular flexibility index (Phi) is 5.89. The fourth-order valence-corrected chi connectivity index (χ4v) is 3.86. The number of halogens is 7. The third-order valence-electron chi connectivity index (χ3n) is 5.62. The monoisotopic (exact) mass is 518 g/mol. The minimum Gasteiger partial charge on any atom is -0.348 e. The molecule has 0 fully saturated rings. The number of hydrogen-bond donors (Lipinski definition) is 1. The highest BCUT2D eigenvalue weighted by atomic mass is 19.4. The van der Waals surface area contributed by atoms with E-state index in [4.69, 9.17) is 0 Å². The van der Waals surface area contributed by atoms with E-state index in [9.17, 15) is 30.7 Å². The van der Waals surface area contributed by atoms with Crippen molar-refractivity contribution in [3.63, 3.8) is 0 Å². The van der Waals surface area contributed by atoms with Crippen molar-refractivity contribution in [1.82, 2.24) is 20.2 Å². The number of fused-ring (bicyclic) bond motifs is 1. The number of nitrogens with zero attached hydrogens (tertiary/aromatic N) is 4. The van der Waals surface area contributed by atoms with Gasteiger partial charge in [-0.25, -0.2) is 8.96 Å². The standard InChI is InChI=1S/C25H14F7N5/c26-19-4-2-1-3-17(19)21-10-22-23(34-21)12-37(13-33-22)11-15-6-8-20(36-35-15)16-7-5-14(24(27,28)29)9-18(16)25(30,31)32/h1-10,12-13H,11H2/p+1. The maximum absolute atomic E-state index is 14.1. The van der Waals surface area contributed by atoms with Crippen LogP contribution in [0, 0.1) is 5.82 Å². The van der Waals surface area contributed by atoms with Gasteiger partial charge in [0, 0.05) is 17.2 Å². The second-order valence-corrected chi connectivity index (χ2v) is 8.17. The number of aromatic amines is 1. The summed E-state index contributed by atoms with van der Waals surface area (Å²) in [5, 5.41) is 7.75. The molecule has 5 aromatic rings. The molecule has 2 aromatic carbocycles. The summed E-state index contributed by atoms with van der Waals surface area (Å²) in [6.45, 7) is 0.156. The van der Waals surface area contributed by atoms with Crippen LogP contribution in [-0.2, 0) is 18.9 Å². The molecular formula is C25H15F7N5+. The summed E-state index contributed by atoms with van der Waals surface area (Å²) in [5.74, 6) is -0.390. The first kappa shape index (κ1) is 24.3. The molecule has 3 heterocycles. The topological polar surface area (TPSA) is 58.3 Å². The predicted octanol–water partition coefficient (Wildman–Crippen LogP) is 6.20. The fourth-order valence-electron chi connectivity index (χ4n) is 3.86. The van der Waals surface area contributed by atoms with Crippen molar-refractivity contribution in [1.29, 1.82) is 0 Å². The molecule has 0 spiro atoms. The van der Waals surface area contributed by atoms with Crippen LogP contribution in [0.1, 0.15) is 16.8 Å². The zero-order valence-corrected chi connectivity index (χ0v) is 18.6. The smallest absolute Gasteiger partial charge is 0.348 e. The summed E-state index contributed by atoms with van der Waals surface area (Å²) in [7, 11) is 0. The van der Waals surface area contributed by atoms with E-state index in [-0.39, 0.29) is 24.1 Å². The lowest BCUT2D eigenvalue weighted by Crippen LogP contribution is -2.34. The predicted molar refractivity (Wildman–Crippen MR) is 118 cm³/mol. The van der Waals surface area contributed by atoms with Crippen molar-refractivity contribution >= 4 is 11.0 Å². The highest BCUT2D eigenvalue weighted by Crippen LogP contribution is 2.40. The molecule has 37 heavy (non-hydrogen) atoms. The van der Waals surface area contributed by atoms with Crippen molar-refractivity contribution in [3.05, 3.63) is 95.8 Å². The number of alkyl halides is 6. The van der Waals surface area contributed by atoms with Gasteiger partial charge in [0.15, 0.2) is 0 Å². The zero-order valence-electron chi connectivity index (χ0n) is 18.6. The molecule has 5 rings (SSSR count). The van der Waals surface area contributed by atoms with Gasteiger partial charge in [0.1, 0.15) is 29.8 Å². The molecule has 12 heteroatoms. The van der Waals surface area contributed by atoms with Crippen LogP contribution < -0.4 is 4.57 Å². The van der Waals surface area contributed by atoms with Crippen molar-refractivity contribution in [2.24, 2.45) is 0 Å². The number of benzene rings is 2. The van der Waals surface area contributed by atoms with Gasteiger partial charge in [-0.3, -0.25) is 0 Å². The maximum atomic E-state index is 14.1. The lowest BCUT2D eigenvalue weighted by atomic mass is 10.00. The second-order valence-electron chi connectivity index (χ2n) is 8.17. The Hall–Kier alpha value is -4.35. The third kappa shape index (κ3) is 4.99. The van der Waals surface area contributed by atoms with E-state index in [2.05, 4.69) is 20.2 Å². The van der Waals surface area contributed by atoms with E-state index in [0.29, 0.717) is 34.1 Å². The SMILES string of the molecule is Fc1ccccc1-c1cc2nc[n+](Cc3ccc(-c4ccc(C(F)(F)F)cc4C(F)(F)F)nn3)cc2[nH]1. The molecule has 0 saturated carbocycles. The van der Waals surface area contributed by atoms with Gasteiger partial charge < -0.3 is 4.98 Å². The Morgan fingerprint density at radius 3 is 2.27 bits per heavy atom. The van der Waals surface area contributed by atoms with Gasteiger partial charge in [-0.2, -0.15) is 36.5 Å². The number of rotatable bonds is 4. The Balaban J connectivity index is 1.41. The van der Waals surface area contributed by atoms with Crippen LogP contribution in [0.2, 0.25) is 0 Å². The van der Waals surface area contributed by atoms with E-state index >= 15 is 0 Å². The molecule has 0 aliphatic heterocycles. The van der Waals surface area contributed by atoms with Crippen LogP contribution >= 0.6 is 0 Å². The molecule has 0 radical (unpaired) electrons. The molecule has 1 N–H and O–H groups in total. The molecule has 0 amide bonds. The zero-order chi connectivity index (χ0) is 26.4. The quantitative estimate of drug-likeness (QED) is 0.228. The highest BCUT2D eigenvalue weighted by molar-refractivity contribution is 5.81. The summed E-state index contributed by atoms with van der Waals surface area (Å²) in [6.07, 6.45) is -6.73. The number of H-pyrrole nitrogens is 1. The van der Waals surface area contributed by atoms with Gasteiger partial charge in [-0.1, -0.05) is 18.2 Å². The maximum Gasteiger partial charge on any atom is 0.417 e. The molecule has 5 nitrogen and oxygen atoms in total. The number of nitrogens with one attached hydrogen (secondary N) is 1. The Labute approximate surface area is 204 Å². The lowest BCUT2D eigenvalue weighted by molar-refractivity contribution is -0.690. The molecule has 3 aromatic heterocycles. The van der Waals surface area contributed by atoms with E-state index in [1.807, 2.05) is 0 Å². The van der Waals surface area contributed by atoms with Crippen LogP contribution in [0.25, 0.3) is 33.5 Å². The summed E-state index contributed by atoms with van der Waals surface area (Å²) < 4.78 is 95.0. The molecule has 0 aliphatic rings. The third-order valence-corrected chi connectivity index (χ3v) is 5.62.